The fourth-order valence-corrected chi connectivity index (χ4v) is 4.87. The van der Waals surface area contributed by atoms with Gasteiger partial charge in [0.05, 0.1) is 10.0 Å². The number of benzene rings is 1. The second kappa shape index (κ2) is 7.28. The van der Waals surface area contributed by atoms with E-state index in [1.165, 1.54) is 6.07 Å². The third-order valence-corrected chi connectivity index (χ3v) is 6.68. The molecule has 1 heterocycles. The van der Waals surface area contributed by atoms with Crippen molar-refractivity contribution < 1.29 is 27.5 Å². The second-order valence-corrected chi connectivity index (χ2v) is 9.17. The van der Waals surface area contributed by atoms with E-state index in [-0.39, 0.29) is 18.2 Å². The molecular formula is C18H14Cl2F3N3O3S. The zero-order valence-electron chi connectivity index (χ0n) is 15.1. The van der Waals surface area contributed by atoms with Crippen molar-refractivity contribution in [2.75, 3.05) is 6.61 Å². The maximum atomic E-state index is 12.6. The number of hydrogen-bond donors (Lipinski definition) is 2. The number of nitrogens with zero attached hydrogens (tertiary/aromatic N) is 1. The summed E-state index contributed by atoms with van der Waals surface area (Å²) < 4.78 is 43.3. The fourth-order valence-electron chi connectivity index (χ4n) is 3.91. The van der Waals surface area contributed by atoms with Crippen LogP contribution in [0.4, 0.5) is 13.2 Å². The topological polar surface area (TPSA) is 80.3 Å². The Labute approximate surface area is 182 Å². The van der Waals surface area contributed by atoms with Crippen molar-refractivity contribution in [3.63, 3.8) is 0 Å². The highest BCUT2D eigenvalue weighted by molar-refractivity contribution is 7.10. The molecule has 5 rings (SSSR count). The van der Waals surface area contributed by atoms with Crippen molar-refractivity contribution in [3.05, 3.63) is 44.3 Å². The molecule has 0 spiro atoms. The van der Waals surface area contributed by atoms with Gasteiger partial charge in [-0.2, -0.15) is 13.2 Å². The summed E-state index contributed by atoms with van der Waals surface area (Å²) in [6.07, 6.45) is -3.07. The first-order valence-corrected chi connectivity index (χ1v) is 10.4. The zero-order valence-corrected chi connectivity index (χ0v) is 17.4. The van der Waals surface area contributed by atoms with Gasteiger partial charge in [0.2, 0.25) is 0 Å². The van der Waals surface area contributed by atoms with E-state index >= 15 is 0 Å². The van der Waals surface area contributed by atoms with Crippen LogP contribution in [0.25, 0.3) is 0 Å². The maximum absolute atomic E-state index is 12.6. The summed E-state index contributed by atoms with van der Waals surface area (Å²) in [7, 11) is 0. The van der Waals surface area contributed by atoms with Gasteiger partial charge in [-0.05, 0) is 31.4 Å². The van der Waals surface area contributed by atoms with Crippen LogP contribution in [0.1, 0.15) is 34.8 Å². The van der Waals surface area contributed by atoms with Crippen LogP contribution in [0.15, 0.2) is 23.6 Å². The van der Waals surface area contributed by atoms with Gasteiger partial charge in [-0.3, -0.25) is 9.59 Å². The molecular weight excluding hydrogens is 466 g/mol. The van der Waals surface area contributed by atoms with E-state index in [1.807, 2.05) is 0 Å². The molecule has 2 bridgehead atoms. The molecule has 0 atom stereocenters. The number of hydrogen-bond acceptors (Lipinski definition) is 5. The molecule has 3 fully saturated rings. The molecule has 3 aliphatic rings. The molecule has 12 heteroatoms. The van der Waals surface area contributed by atoms with Crippen LogP contribution in [0, 0.1) is 0 Å². The average molecular weight is 480 g/mol. The highest BCUT2D eigenvalue weighted by atomic mass is 35.5. The van der Waals surface area contributed by atoms with Crippen molar-refractivity contribution in [2.45, 2.75) is 36.5 Å². The molecule has 0 unspecified atom stereocenters. The van der Waals surface area contributed by atoms with Gasteiger partial charge in [0, 0.05) is 22.5 Å². The van der Waals surface area contributed by atoms with Crippen LogP contribution in [0.3, 0.4) is 0 Å². The highest BCUT2D eigenvalue weighted by Crippen LogP contribution is 2.60. The Morgan fingerprint density at radius 3 is 2.40 bits per heavy atom. The normalized spacial score (nSPS) is 24.4. The van der Waals surface area contributed by atoms with Crippen molar-refractivity contribution in [1.29, 1.82) is 0 Å². The van der Waals surface area contributed by atoms with Gasteiger partial charge in [0.25, 0.3) is 11.8 Å². The minimum Gasteiger partial charge on any atom is -0.484 e. The van der Waals surface area contributed by atoms with Gasteiger partial charge in [0.1, 0.15) is 11.4 Å². The SMILES string of the molecule is O=C(COc1ccc(Cl)c(Cl)c1)NC12CC(NC(=O)c3csc(C(F)(F)F)n3)(C1)C2. The first kappa shape index (κ1) is 21.2. The minimum absolute atomic E-state index is 0.210. The van der Waals surface area contributed by atoms with Crippen molar-refractivity contribution >= 4 is 46.4 Å². The molecule has 0 saturated heterocycles. The van der Waals surface area contributed by atoms with Gasteiger partial charge in [-0.1, -0.05) is 23.2 Å². The first-order valence-electron chi connectivity index (χ1n) is 8.73. The maximum Gasteiger partial charge on any atom is 0.443 e. The number of thiazole rings is 1. The van der Waals surface area contributed by atoms with E-state index < -0.39 is 28.2 Å². The Morgan fingerprint density at radius 1 is 1.13 bits per heavy atom. The molecule has 1 aromatic carbocycles. The second-order valence-electron chi connectivity index (χ2n) is 7.49. The smallest absolute Gasteiger partial charge is 0.443 e. The number of aromatic nitrogens is 1. The molecule has 30 heavy (non-hydrogen) atoms. The molecule has 1 aromatic heterocycles. The van der Waals surface area contributed by atoms with E-state index in [0.717, 1.165) is 5.38 Å². The van der Waals surface area contributed by atoms with Crippen molar-refractivity contribution in [2.24, 2.45) is 0 Å². The van der Waals surface area contributed by atoms with Crippen LogP contribution >= 0.6 is 34.5 Å². The summed E-state index contributed by atoms with van der Waals surface area (Å²) in [5.41, 5.74) is -1.20. The van der Waals surface area contributed by atoms with Gasteiger partial charge in [0.15, 0.2) is 11.6 Å². The van der Waals surface area contributed by atoms with E-state index in [1.54, 1.807) is 12.1 Å². The Kier molecular flexibility index (Phi) is 5.14. The van der Waals surface area contributed by atoms with Gasteiger partial charge < -0.3 is 15.4 Å². The fraction of sp³-hybridized carbons (Fsp3) is 0.389. The Morgan fingerprint density at radius 2 is 1.80 bits per heavy atom. The Balaban J connectivity index is 1.24. The standard InChI is InChI=1S/C18H14Cl2F3N3O3S/c19-10-2-1-9(3-11(10)20)29-4-13(27)25-16-6-17(7-16,8-16)26-14(28)12-5-30-15(24-12)18(21,22)23/h1-3,5H,4,6-8H2,(H,25,27)(H,26,28). The lowest BCUT2D eigenvalue weighted by atomic mass is 9.44. The monoisotopic (exact) mass is 479 g/mol. The number of halogens is 5. The summed E-state index contributed by atoms with van der Waals surface area (Å²) in [5, 5.41) is 6.33. The van der Waals surface area contributed by atoms with Crippen molar-refractivity contribution in [1.82, 2.24) is 15.6 Å². The molecule has 0 radical (unpaired) electrons. The van der Waals surface area contributed by atoms with E-state index in [4.69, 9.17) is 27.9 Å². The number of rotatable bonds is 6. The Hall–Kier alpha value is -2.04. The molecule has 2 amide bonds. The van der Waals surface area contributed by atoms with Crippen LogP contribution in [0.5, 0.6) is 5.75 Å². The van der Waals surface area contributed by atoms with Gasteiger partial charge in [-0.15, -0.1) is 11.3 Å². The van der Waals surface area contributed by atoms with Gasteiger partial charge in [-0.25, -0.2) is 4.98 Å². The minimum atomic E-state index is -4.58. The predicted octanol–water partition coefficient (Wildman–Crippen LogP) is 4.07. The third kappa shape index (κ3) is 4.08. The average Bonchev–Trinajstić information content (AvgIpc) is 3.10. The third-order valence-electron chi connectivity index (χ3n) is 5.05. The molecule has 0 aliphatic heterocycles. The largest absolute Gasteiger partial charge is 0.484 e. The molecule has 3 saturated carbocycles. The zero-order chi connectivity index (χ0) is 21.7. The van der Waals surface area contributed by atoms with Gasteiger partial charge >= 0.3 is 6.18 Å². The summed E-state index contributed by atoms with van der Waals surface area (Å²) in [5.74, 6) is -0.568. The van der Waals surface area contributed by atoms with E-state index in [2.05, 4.69) is 15.6 Å². The molecule has 3 aliphatic carbocycles. The molecule has 6 nitrogen and oxygen atoms in total. The van der Waals surface area contributed by atoms with E-state index in [0.29, 0.717) is 46.4 Å². The number of amides is 2. The molecule has 2 aromatic rings. The number of carbonyl (C=O) groups is 2. The summed E-state index contributed by atoms with van der Waals surface area (Å²) in [6.45, 7) is -0.210. The van der Waals surface area contributed by atoms with Crippen LogP contribution in [-0.2, 0) is 11.0 Å². The van der Waals surface area contributed by atoms with Crippen molar-refractivity contribution in [3.8, 4) is 5.75 Å². The van der Waals surface area contributed by atoms with Crippen LogP contribution in [-0.4, -0.2) is 34.5 Å². The van der Waals surface area contributed by atoms with Crippen LogP contribution < -0.4 is 15.4 Å². The molecule has 2 N–H and O–H groups in total. The number of nitrogens with one attached hydrogen (secondary N) is 2. The molecule has 160 valence electrons. The number of ether oxygens (including phenoxy) is 1. The lowest BCUT2D eigenvalue weighted by Crippen LogP contribution is -2.84. The lowest BCUT2D eigenvalue weighted by molar-refractivity contribution is -0.141. The highest BCUT2D eigenvalue weighted by Gasteiger charge is 2.69. The van der Waals surface area contributed by atoms with E-state index in [9.17, 15) is 22.8 Å². The Bertz CT molecular complexity index is 1010. The van der Waals surface area contributed by atoms with Crippen LogP contribution in [0.2, 0.25) is 10.0 Å². The summed E-state index contributed by atoms with van der Waals surface area (Å²) >= 11 is 12.1. The quantitative estimate of drug-likeness (QED) is 0.654. The number of alkyl halides is 3. The lowest BCUT2D eigenvalue weighted by Gasteiger charge is -2.70. The summed E-state index contributed by atoms with van der Waals surface area (Å²) in [6, 6.07) is 4.66. The predicted molar refractivity (Wildman–Crippen MR) is 104 cm³/mol. The number of carbonyl (C=O) groups excluding carboxylic acids is 2. The first-order chi connectivity index (χ1) is 14.0. The summed E-state index contributed by atoms with van der Waals surface area (Å²) in [4.78, 5) is 27.7.